The van der Waals surface area contributed by atoms with E-state index >= 15 is 0 Å². The van der Waals surface area contributed by atoms with Crippen molar-refractivity contribution in [2.24, 2.45) is 11.7 Å². The van der Waals surface area contributed by atoms with E-state index in [1.807, 2.05) is 20.8 Å². The zero-order chi connectivity index (χ0) is 16.2. The molecule has 0 aromatic heterocycles. The number of nitrogens with one attached hydrogen (secondary N) is 1. The van der Waals surface area contributed by atoms with E-state index in [2.05, 4.69) is 5.32 Å². The third kappa shape index (κ3) is 4.36. The van der Waals surface area contributed by atoms with Crippen molar-refractivity contribution in [1.29, 1.82) is 0 Å². The molecule has 2 amide bonds. The van der Waals surface area contributed by atoms with E-state index in [-0.39, 0.29) is 12.5 Å². The number of halogens is 1. The average Bonchev–Trinajstić information content (AvgIpc) is 2.37. The van der Waals surface area contributed by atoms with Gasteiger partial charge in [-0.3, -0.25) is 9.59 Å². The summed E-state index contributed by atoms with van der Waals surface area (Å²) in [6.45, 7) is 6.87. The SMILES string of the molecule is Cc1cc(Cl)ccc1OCC(=O)NC(C)(C(N)=O)C(C)C. The first-order valence-corrected chi connectivity index (χ1v) is 7.04. The highest BCUT2D eigenvalue weighted by Crippen LogP contribution is 2.22. The van der Waals surface area contributed by atoms with Crippen LogP contribution in [0.15, 0.2) is 18.2 Å². The molecule has 1 atom stereocenters. The van der Waals surface area contributed by atoms with Crippen molar-refractivity contribution in [2.75, 3.05) is 6.61 Å². The predicted octanol–water partition coefficient (Wildman–Crippen LogP) is 2.04. The van der Waals surface area contributed by atoms with Crippen molar-refractivity contribution in [1.82, 2.24) is 5.32 Å². The van der Waals surface area contributed by atoms with E-state index in [0.29, 0.717) is 10.8 Å². The average molecular weight is 313 g/mol. The number of carbonyl (C=O) groups excluding carboxylic acids is 2. The molecule has 1 aromatic rings. The van der Waals surface area contributed by atoms with Gasteiger partial charge in [0.2, 0.25) is 5.91 Å². The fourth-order valence-corrected chi connectivity index (χ4v) is 1.96. The Balaban J connectivity index is 2.68. The molecule has 0 heterocycles. The first-order valence-electron chi connectivity index (χ1n) is 6.66. The Labute approximate surface area is 129 Å². The second-order valence-corrected chi connectivity index (χ2v) is 5.90. The second kappa shape index (κ2) is 6.80. The van der Waals surface area contributed by atoms with Crippen LogP contribution in [-0.4, -0.2) is 24.0 Å². The second-order valence-electron chi connectivity index (χ2n) is 5.47. The van der Waals surface area contributed by atoms with Crippen molar-refractivity contribution in [3.05, 3.63) is 28.8 Å². The van der Waals surface area contributed by atoms with Gasteiger partial charge in [0.1, 0.15) is 11.3 Å². The number of carbonyl (C=O) groups is 2. The molecule has 1 aromatic carbocycles. The van der Waals surface area contributed by atoms with Gasteiger partial charge in [0, 0.05) is 5.02 Å². The summed E-state index contributed by atoms with van der Waals surface area (Å²) in [6, 6.07) is 5.13. The standard InChI is InChI=1S/C15H21ClN2O3/c1-9(2)15(4,14(17)20)18-13(19)8-21-12-6-5-11(16)7-10(12)3/h5-7,9H,8H2,1-4H3,(H2,17,20)(H,18,19). The number of hydrogen-bond donors (Lipinski definition) is 2. The Morgan fingerprint density at radius 1 is 1.43 bits per heavy atom. The Kier molecular flexibility index (Phi) is 5.61. The molecular weight excluding hydrogens is 292 g/mol. The minimum absolute atomic E-state index is 0.129. The maximum atomic E-state index is 11.9. The lowest BCUT2D eigenvalue weighted by atomic mass is 9.87. The lowest BCUT2D eigenvalue weighted by molar-refractivity contribution is -0.133. The lowest BCUT2D eigenvalue weighted by Gasteiger charge is -2.31. The van der Waals surface area contributed by atoms with E-state index < -0.39 is 17.4 Å². The van der Waals surface area contributed by atoms with Crippen molar-refractivity contribution in [3.8, 4) is 5.75 Å². The van der Waals surface area contributed by atoms with Crippen molar-refractivity contribution in [3.63, 3.8) is 0 Å². The Morgan fingerprint density at radius 3 is 2.52 bits per heavy atom. The Bertz CT molecular complexity index is 546. The maximum absolute atomic E-state index is 11.9. The molecule has 0 saturated carbocycles. The topological polar surface area (TPSA) is 81.4 Å². The van der Waals surface area contributed by atoms with Crippen molar-refractivity contribution in [2.45, 2.75) is 33.2 Å². The van der Waals surface area contributed by atoms with Crippen LogP contribution in [0.4, 0.5) is 0 Å². The van der Waals surface area contributed by atoms with Crippen LogP contribution in [0.3, 0.4) is 0 Å². The molecule has 1 rings (SSSR count). The van der Waals surface area contributed by atoms with Gasteiger partial charge < -0.3 is 15.8 Å². The normalized spacial score (nSPS) is 13.6. The van der Waals surface area contributed by atoms with E-state index in [9.17, 15) is 9.59 Å². The minimum Gasteiger partial charge on any atom is -0.484 e. The van der Waals surface area contributed by atoms with Gasteiger partial charge in [-0.05, 0) is 43.5 Å². The highest BCUT2D eigenvalue weighted by Gasteiger charge is 2.36. The molecular formula is C15H21ClN2O3. The number of primary amides is 1. The fraction of sp³-hybridized carbons (Fsp3) is 0.467. The van der Waals surface area contributed by atoms with Gasteiger partial charge in [0.05, 0.1) is 0 Å². The molecule has 116 valence electrons. The molecule has 6 heteroatoms. The number of rotatable bonds is 6. The molecule has 0 spiro atoms. The number of benzene rings is 1. The van der Waals surface area contributed by atoms with Crippen LogP contribution in [0.2, 0.25) is 5.02 Å². The molecule has 0 aliphatic heterocycles. The smallest absolute Gasteiger partial charge is 0.258 e. The summed E-state index contributed by atoms with van der Waals surface area (Å²) in [5.41, 5.74) is 5.09. The molecule has 0 fully saturated rings. The number of ether oxygens (including phenoxy) is 1. The predicted molar refractivity (Wildman–Crippen MR) is 82.3 cm³/mol. The summed E-state index contributed by atoms with van der Waals surface area (Å²) in [4.78, 5) is 23.5. The largest absolute Gasteiger partial charge is 0.484 e. The third-order valence-electron chi connectivity index (χ3n) is 3.56. The highest BCUT2D eigenvalue weighted by atomic mass is 35.5. The monoisotopic (exact) mass is 312 g/mol. The van der Waals surface area contributed by atoms with Gasteiger partial charge in [0.25, 0.3) is 5.91 Å². The number of nitrogens with two attached hydrogens (primary N) is 1. The molecule has 0 saturated heterocycles. The molecule has 5 nitrogen and oxygen atoms in total. The van der Waals surface area contributed by atoms with Gasteiger partial charge in [0.15, 0.2) is 6.61 Å². The van der Waals surface area contributed by atoms with Crippen LogP contribution in [0, 0.1) is 12.8 Å². The van der Waals surface area contributed by atoms with E-state index in [4.69, 9.17) is 22.1 Å². The van der Waals surface area contributed by atoms with E-state index in [1.165, 1.54) is 0 Å². The van der Waals surface area contributed by atoms with Crippen LogP contribution in [0.25, 0.3) is 0 Å². The molecule has 21 heavy (non-hydrogen) atoms. The molecule has 1 unspecified atom stereocenters. The van der Waals surface area contributed by atoms with Crippen molar-refractivity contribution >= 4 is 23.4 Å². The first-order chi connectivity index (χ1) is 9.66. The fourth-order valence-electron chi connectivity index (χ4n) is 1.73. The van der Waals surface area contributed by atoms with Crippen LogP contribution in [0.5, 0.6) is 5.75 Å². The molecule has 3 N–H and O–H groups in total. The highest BCUT2D eigenvalue weighted by molar-refractivity contribution is 6.30. The molecule has 0 bridgehead atoms. The number of hydrogen-bond acceptors (Lipinski definition) is 3. The molecule has 0 aliphatic carbocycles. The number of aryl methyl sites for hydroxylation is 1. The summed E-state index contributed by atoms with van der Waals surface area (Å²) in [6.07, 6.45) is 0. The van der Waals surface area contributed by atoms with Crippen LogP contribution < -0.4 is 15.8 Å². The maximum Gasteiger partial charge on any atom is 0.258 e. The third-order valence-corrected chi connectivity index (χ3v) is 3.80. The summed E-state index contributed by atoms with van der Waals surface area (Å²) >= 11 is 5.85. The van der Waals surface area contributed by atoms with E-state index in [0.717, 1.165) is 5.56 Å². The van der Waals surface area contributed by atoms with Crippen LogP contribution in [0.1, 0.15) is 26.3 Å². The van der Waals surface area contributed by atoms with Crippen LogP contribution in [-0.2, 0) is 9.59 Å². The summed E-state index contributed by atoms with van der Waals surface area (Å²) < 4.78 is 5.44. The molecule has 0 aliphatic rings. The van der Waals surface area contributed by atoms with Crippen molar-refractivity contribution < 1.29 is 14.3 Å². The lowest BCUT2D eigenvalue weighted by Crippen LogP contribution is -2.59. The zero-order valence-electron chi connectivity index (χ0n) is 12.7. The van der Waals surface area contributed by atoms with Gasteiger partial charge >= 0.3 is 0 Å². The quantitative estimate of drug-likeness (QED) is 0.843. The minimum atomic E-state index is -1.10. The zero-order valence-corrected chi connectivity index (χ0v) is 13.5. The van der Waals surface area contributed by atoms with Gasteiger partial charge in [-0.2, -0.15) is 0 Å². The molecule has 0 radical (unpaired) electrons. The van der Waals surface area contributed by atoms with Gasteiger partial charge in [-0.25, -0.2) is 0 Å². The van der Waals surface area contributed by atoms with Gasteiger partial charge in [-0.1, -0.05) is 25.4 Å². The summed E-state index contributed by atoms with van der Waals surface area (Å²) in [5.74, 6) is -0.538. The summed E-state index contributed by atoms with van der Waals surface area (Å²) in [5, 5.41) is 3.23. The van der Waals surface area contributed by atoms with E-state index in [1.54, 1.807) is 25.1 Å². The summed E-state index contributed by atoms with van der Waals surface area (Å²) in [7, 11) is 0. The Morgan fingerprint density at radius 2 is 2.05 bits per heavy atom. The number of amides is 2. The van der Waals surface area contributed by atoms with Gasteiger partial charge in [-0.15, -0.1) is 0 Å². The Hall–Kier alpha value is -1.75. The first kappa shape index (κ1) is 17.3. The van der Waals surface area contributed by atoms with Crippen LogP contribution >= 0.6 is 11.6 Å².